The van der Waals surface area contributed by atoms with Crippen molar-refractivity contribution in [1.29, 1.82) is 0 Å². The highest BCUT2D eigenvalue weighted by Crippen LogP contribution is 2.08. The minimum atomic E-state index is -0.268. The van der Waals surface area contributed by atoms with E-state index in [-0.39, 0.29) is 12.0 Å². The van der Waals surface area contributed by atoms with E-state index in [2.05, 4.69) is 5.32 Å². The van der Waals surface area contributed by atoms with Gasteiger partial charge in [-0.2, -0.15) is 0 Å². The number of aliphatic hydroxyl groups is 1. The van der Waals surface area contributed by atoms with E-state index in [1.807, 2.05) is 4.90 Å². The molecule has 0 aromatic carbocycles. The fourth-order valence-corrected chi connectivity index (χ4v) is 1.88. The molecule has 1 aliphatic heterocycles. The summed E-state index contributed by atoms with van der Waals surface area (Å²) in [6.07, 6.45) is 2.39. The van der Waals surface area contributed by atoms with E-state index >= 15 is 0 Å². The molecular formula is C11H22N2O3. The van der Waals surface area contributed by atoms with Crippen molar-refractivity contribution in [2.24, 2.45) is 0 Å². The van der Waals surface area contributed by atoms with Crippen LogP contribution in [0.4, 0.5) is 0 Å². The number of ether oxygens (including phenoxy) is 1. The summed E-state index contributed by atoms with van der Waals surface area (Å²) >= 11 is 0. The third-order valence-electron chi connectivity index (χ3n) is 2.70. The Kier molecular flexibility index (Phi) is 6.37. The van der Waals surface area contributed by atoms with E-state index in [1.165, 1.54) is 0 Å². The summed E-state index contributed by atoms with van der Waals surface area (Å²) in [5.41, 5.74) is 0. The van der Waals surface area contributed by atoms with Crippen LogP contribution in [0.1, 0.15) is 19.3 Å². The third-order valence-corrected chi connectivity index (χ3v) is 2.70. The number of aliphatic hydroxyl groups excluding tert-OH is 1. The van der Waals surface area contributed by atoms with Gasteiger partial charge in [0.2, 0.25) is 5.91 Å². The van der Waals surface area contributed by atoms with Gasteiger partial charge in [-0.15, -0.1) is 0 Å². The molecule has 94 valence electrons. The Balaban J connectivity index is 2.08. The number of β-amino-alcohol motifs (C(OH)–C–C–N with tert-alkyl or cyclic N) is 1. The minimum absolute atomic E-state index is 0.0326. The second-order valence-electron chi connectivity index (χ2n) is 4.23. The Labute approximate surface area is 96.8 Å². The number of carbonyl (C=O) groups excluding carboxylic acids is 1. The summed E-state index contributed by atoms with van der Waals surface area (Å²) in [4.78, 5) is 13.5. The highest BCUT2D eigenvalue weighted by molar-refractivity contribution is 5.77. The van der Waals surface area contributed by atoms with Crippen molar-refractivity contribution in [2.45, 2.75) is 25.4 Å². The van der Waals surface area contributed by atoms with Crippen molar-refractivity contribution in [2.75, 3.05) is 39.9 Å². The SMILES string of the molecule is COCCCNC(=O)CN1CCCC(O)C1. The Morgan fingerprint density at radius 2 is 2.44 bits per heavy atom. The van der Waals surface area contributed by atoms with E-state index in [9.17, 15) is 9.90 Å². The van der Waals surface area contributed by atoms with Crippen LogP contribution >= 0.6 is 0 Å². The predicted molar refractivity (Wildman–Crippen MR) is 61.2 cm³/mol. The average Bonchev–Trinajstić information content (AvgIpc) is 2.24. The molecule has 1 saturated heterocycles. The molecule has 1 unspecified atom stereocenters. The number of hydrogen-bond donors (Lipinski definition) is 2. The number of likely N-dealkylation sites (tertiary alicyclic amines) is 1. The maximum absolute atomic E-state index is 11.5. The fourth-order valence-electron chi connectivity index (χ4n) is 1.88. The number of hydrogen-bond acceptors (Lipinski definition) is 4. The van der Waals surface area contributed by atoms with Gasteiger partial charge in [-0.1, -0.05) is 0 Å². The topological polar surface area (TPSA) is 61.8 Å². The summed E-state index contributed by atoms with van der Waals surface area (Å²) in [6, 6.07) is 0. The lowest BCUT2D eigenvalue weighted by atomic mass is 10.1. The number of nitrogens with one attached hydrogen (secondary N) is 1. The highest BCUT2D eigenvalue weighted by Gasteiger charge is 2.19. The average molecular weight is 230 g/mol. The minimum Gasteiger partial charge on any atom is -0.392 e. The summed E-state index contributed by atoms with van der Waals surface area (Å²) in [5.74, 6) is 0.0326. The van der Waals surface area contributed by atoms with Gasteiger partial charge < -0.3 is 15.2 Å². The van der Waals surface area contributed by atoms with Crippen molar-refractivity contribution in [3.63, 3.8) is 0 Å². The second kappa shape index (κ2) is 7.60. The van der Waals surface area contributed by atoms with Crippen molar-refractivity contribution in [3.8, 4) is 0 Å². The standard InChI is InChI=1S/C11H22N2O3/c1-16-7-3-5-12-11(15)9-13-6-2-4-10(14)8-13/h10,14H,2-9H2,1H3,(H,12,15). The van der Waals surface area contributed by atoms with Crippen molar-refractivity contribution in [3.05, 3.63) is 0 Å². The van der Waals surface area contributed by atoms with Gasteiger partial charge in [-0.05, 0) is 25.8 Å². The molecule has 2 N–H and O–H groups in total. The Morgan fingerprint density at radius 1 is 1.62 bits per heavy atom. The van der Waals surface area contributed by atoms with Crippen LogP contribution in [0.3, 0.4) is 0 Å². The van der Waals surface area contributed by atoms with E-state index in [4.69, 9.17) is 4.74 Å². The van der Waals surface area contributed by atoms with E-state index in [1.54, 1.807) is 7.11 Å². The summed E-state index contributed by atoms with van der Waals surface area (Å²) in [7, 11) is 1.65. The smallest absolute Gasteiger partial charge is 0.234 e. The molecule has 5 nitrogen and oxygen atoms in total. The second-order valence-corrected chi connectivity index (χ2v) is 4.23. The number of amides is 1. The number of carbonyl (C=O) groups is 1. The van der Waals surface area contributed by atoms with Gasteiger partial charge in [0, 0.05) is 26.8 Å². The van der Waals surface area contributed by atoms with Crippen LogP contribution in [0.25, 0.3) is 0 Å². The Hall–Kier alpha value is -0.650. The van der Waals surface area contributed by atoms with Crippen LogP contribution in [0, 0.1) is 0 Å². The van der Waals surface area contributed by atoms with Gasteiger partial charge >= 0.3 is 0 Å². The van der Waals surface area contributed by atoms with Crippen LogP contribution in [0.5, 0.6) is 0 Å². The van der Waals surface area contributed by atoms with Crippen LogP contribution < -0.4 is 5.32 Å². The molecular weight excluding hydrogens is 208 g/mol. The maximum atomic E-state index is 11.5. The van der Waals surface area contributed by atoms with Crippen molar-refractivity contribution < 1.29 is 14.6 Å². The first kappa shape index (κ1) is 13.4. The predicted octanol–water partition coefficient (Wildman–Crippen LogP) is -0.404. The van der Waals surface area contributed by atoms with Gasteiger partial charge in [0.05, 0.1) is 12.6 Å². The zero-order chi connectivity index (χ0) is 11.8. The summed E-state index contributed by atoms with van der Waals surface area (Å²) in [5, 5.41) is 12.3. The number of piperidine rings is 1. The zero-order valence-corrected chi connectivity index (χ0v) is 9.95. The first-order chi connectivity index (χ1) is 7.72. The lowest BCUT2D eigenvalue weighted by Crippen LogP contribution is -2.44. The van der Waals surface area contributed by atoms with Gasteiger partial charge in [0.25, 0.3) is 0 Å². The molecule has 1 atom stereocenters. The highest BCUT2D eigenvalue weighted by atomic mass is 16.5. The number of rotatable bonds is 6. The maximum Gasteiger partial charge on any atom is 0.234 e. The fraction of sp³-hybridized carbons (Fsp3) is 0.909. The van der Waals surface area contributed by atoms with Gasteiger partial charge in [0.15, 0.2) is 0 Å². The Bertz CT molecular complexity index is 211. The molecule has 1 amide bonds. The largest absolute Gasteiger partial charge is 0.392 e. The molecule has 1 heterocycles. The third kappa shape index (κ3) is 5.44. The molecule has 0 aromatic heterocycles. The molecule has 0 spiro atoms. The normalized spacial score (nSPS) is 22.0. The van der Waals surface area contributed by atoms with Gasteiger partial charge in [0.1, 0.15) is 0 Å². The molecule has 5 heteroatoms. The van der Waals surface area contributed by atoms with E-state index in [0.717, 1.165) is 25.8 Å². The van der Waals surface area contributed by atoms with E-state index < -0.39 is 0 Å². The molecule has 0 aliphatic carbocycles. The summed E-state index contributed by atoms with van der Waals surface area (Å²) in [6.45, 7) is 3.24. The molecule has 16 heavy (non-hydrogen) atoms. The van der Waals surface area contributed by atoms with Crippen molar-refractivity contribution in [1.82, 2.24) is 10.2 Å². The van der Waals surface area contributed by atoms with Crippen LogP contribution in [-0.2, 0) is 9.53 Å². The molecule has 1 aliphatic rings. The van der Waals surface area contributed by atoms with Crippen LogP contribution in [-0.4, -0.2) is 61.9 Å². The molecule has 0 radical (unpaired) electrons. The zero-order valence-electron chi connectivity index (χ0n) is 9.95. The van der Waals surface area contributed by atoms with Crippen LogP contribution in [0.2, 0.25) is 0 Å². The number of methoxy groups -OCH3 is 1. The number of nitrogens with zero attached hydrogens (tertiary/aromatic N) is 1. The molecule has 1 fully saturated rings. The first-order valence-corrected chi connectivity index (χ1v) is 5.88. The summed E-state index contributed by atoms with van der Waals surface area (Å²) < 4.78 is 4.89. The van der Waals surface area contributed by atoms with Gasteiger partial charge in [-0.3, -0.25) is 9.69 Å². The Morgan fingerprint density at radius 3 is 3.12 bits per heavy atom. The van der Waals surface area contributed by atoms with Gasteiger partial charge in [-0.25, -0.2) is 0 Å². The van der Waals surface area contributed by atoms with E-state index in [0.29, 0.717) is 26.2 Å². The lowest BCUT2D eigenvalue weighted by molar-refractivity contribution is -0.122. The first-order valence-electron chi connectivity index (χ1n) is 5.88. The molecule has 1 rings (SSSR count). The van der Waals surface area contributed by atoms with Crippen LogP contribution in [0.15, 0.2) is 0 Å². The monoisotopic (exact) mass is 230 g/mol. The molecule has 0 bridgehead atoms. The lowest BCUT2D eigenvalue weighted by Gasteiger charge is -2.29. The molecule has 0 saturated carbocycles. The molecule has 0 aromatic rings. The quantitative estimate of drug-likeness (QED) is 0.609. The van der Waals surface area contributed by atoms with Crippen molar-refractivity contribution >= 4 is 5.91 Å².